The van der Waals surface area contributed by atoms with Gasteiger partial charge in [0.2, 0.25) is 23.3 Å². The molecule has 8 heterocycles. The van der Waals surface area contributed by atoms with E-state index in [-0.39, 0.29) is 10.8 Å². The molecule has 0 spiro atoms. The predicted molar refractivity (Wildman–Crippen MR) is 279 cm³/mol. The minimum absolute atomic E-state index is 0.168. The molecule has 4 aromatic rings. The molecule has 56 heteroatoms. The number of aliphatic hydroxyl groups is 8. The Hall–Kier alpha value is -4.20. The Kier molecular flexibility index (Phi) is 22.0. The van der Waals surface area contributed by atoms with Crippen molar-refractivity contribution in [2.24, 2.45) is 0 Å². The Morgan fingerprint density at radius 2 is 0.663 bits per heavy atom. The van der Waals surface area contributed by atoms with Gasteiger partial charge in [-0.15, -0.1) is 0 Å². The van der Waals surface area contributed by atoms with E-state index in [2.05, 4.69) is 69.0 Å². The van der Waals surface area contributed by atoms with Crippen molar-refractivity contribution in [1.82, 2.24) is 38.2 Å². The summed E-state index contributed by atoms with van der Waals surface area (Å²) in [6.07, 6.45) is -28.2. The molecule has 520 valence electrons. The third kappa shape index (κ3) is 19.1. The number of hydrogen-bond donors (Lipinski definition) is 20. The molecule has 4 aliphatic rings. The molecule has 0 unspecified atom stereocenters. The van der Waals surface area contributed by atoms with Crippen LogP contribution in [0.25, 0.3) is 0 Å². The lowest BCUT2D eigenvalue weighted by molar-refractivity contribution is -0.204. The first kappa shape index (κ1) is 69.2. The molecule has 4 aromatic heterocycles. The number of H-pyrrole nitrogens is 4. The Morgan fingerprint density at radius 1 is 0.435 bits per heavy atom. The van der Waals surface area contributed by atoms with E-state index in [0.717, 1.165) is 0 Å². The number of aromatic amines is 4. The number of rotatable bonds is 16. The minimum Gasteiger partial charge on any atom is -0.385 e. The van der Waals surface area contributed by atoms with Crippen LogP contribution in [0.15, 0.2) is 44.0 Å². The summed E-state index contributed by atoms with van der Waals surface area (Å²) in [5.74, 6) is -20.5. The Bertz CT molecular complexity index is 4410. The van der Waals surface area contributed by atoms with Gasteiger partial charge >= 0.3 is 31.3 Å². The minimum atomic E-state index is -5.65. The molecule has 40 nitrogen and oxygen atoms in total. The number of phosphoric ester groups is 4. The number of alkyl halides is 4. The van der Waals surface area contributed by atoms with E-state index in [1.165, 1.54) is 0 Å². The van der Waals surface area contributed by atoms with E-state index in [9.17, 15) is 113 Å². The maximum absolute atomic E-state index is 14.9. The number of halogens is 8. The highest BCUT2D eigenvalue weighted by molar-refractivity contribution is 7.71. The van der Waals surface area contributed by atoms with E-state index in [0.29, 0.717) is 32.3 Å². The van der Waals surface area contributed by atoms with Crippen molar-refractivity contribution in [3.05, 3.63) is 109 Å². The summed E-state index contributed by atoms with van der Waals surface area (Å²) in [4.78, 5) is 120. The molecule has 20 N–H and O–H groups in total. The third-order valence-corrected chi connectivity index (χ3v) is 14.1. The summed E-state index contributed by atoms with van der Waals surface area (Å²) in [5, 5.41) is 78.5. The molecule has 8 rings (SSSR count). The molecule has 0 saturated carbocycles. The molecule has 0 radical (unpaired) electrons. The molecule has 4 saturated heterocycles. The lowest BCUT2D eigenvalue weighted by Gasteiger charge is -2.22. The first-order valence-corrected chi connectivity index (χ1v) is 30.7. The zero-order chi connectivity index (χ0) is 75.7. The molecular formula is C36H44F8N8O32P4S4. The molecule has 4 fully saturated rings. The van der Waals surface area contributed by atoms with Crippen molar-refractivity contribution < 1.29 is 179 Å². The molecule has 0 aliphatic carbocycles. The van der Waals surface area contributed by atoms with Gasteiger partial charge in [0, 0.05) is 0 Å². The van der Waals surface area contributed by atoms with Crippen molar-refractivity contribution in [2.75, 3.05) is 26.3 Å². The normalized spacial score (nSPS) is 34.3. The van der Waals surface area contributed by atoms with Crippen LogP contribution in [-0.4, -0.2) is 217 Å². The summed E-state index contributed by atoms with van der Waals surface area (Å²) >= 11 is 18.7. The molecule has 16 atom stereocenters. The van der Waals surface area contributed by atoms with Gasteiger partial charge in [-0.2, -0.15) is 17.6 Å². The van der Waals surface area contributed by atoms with Crippen LogP contribution < -0.4 is 22.2 Å². The van der Waals surface area contributed by atoms with E-state index >= 15 is 0 Å². The number of aromatic nitrogens is 8. The summed E-state index contributed by atoms with van der Waals surface area (Å²) in [7, 11) is -21.4. The number of aliphatic hydroxyl groups excluding tert-OH is 8. The second kappa shape index (κ2) is 29.3. The summed E-state index contributed by atoms with van der Waals surface area (Å²) in [6.45, 7) is -11.0. The Balaban J connectivity index is 0.000000236. The highest BCUT2D eigenvalue weighted by Gasteiger charge is 2.60. The quantitative estimate of drug-likeness (QED) is 0.0291. The predicted octanol–water partition coefficient (Wildman–Crippen LogP) is -3.72. The SMILES string of the molecule is O=c1[nH]c(=S)n([C@@H]2O[C@](F)(COP(=O)(O)O)[C@@H](O)[C@H]2O)cc1F.[2H]C([2H])(OP(=O)(O)O)[C@@]1(F)O[C@@H](n2cc(F)c(=O)[nH]c2=S)[C@H](O)[C@@H]1O.[2H]C([2H])(OP(=O)(O)O)[C@@]1(F)O[C@@]([2H])(n2cc(F)c(=O)[nH]c2=S)[C@H](O)[C@@H]1O.[2H][C@@]1(n2cc(F)c(=O)[nH]c2=S)O[C@](F)(COP(=O)(O)O)[C@@H](O)[C@H]1O. The maximum Gasteiger partial charge on any atom is 0.469 e. The first-order chi connectivity index (χ1) is 44.0. The summed E-state index contributed by atoms with van der Waals surface area (Å²) in [6, 6.07) is 0. The van der Waals surface area contributed by atoms with Crippen molar-refractivity contribution in [3.63, 3.8) is 0 Å². The largest absolute Gasteiger partial charge is 0.469 e. The molecule has 4 aliphatic heterocycles. The second-order valence-electron chi connectivity index (χ2n) is 17.8. The van der Waals surface area contributed by atoms with Gasteiger partial charge in [0.1, 0.15) is 75.2 Å². The van der Waals surface area contributed by atoms with Crippen LogP contribution >= 0.6 is 80.2 Å². The van der Waals surface area contributed by atoms with E-state index in [1.54, 1.807) is 9.97 Å². The average molecular weight is 1510 g/mol. The van der Waals surface area contributed by atoms with Crippen molar-refractivity contribution in [2.45, 2.75) is 97.1 Å². The van der Waals surface area contributed by atoms with Gasteiger partial charge in [0.15, 0.2) is 43.9 Å². The third-order valence-electron chi connectivity index (χ3n) is 11.3. The van der Waals surface area contributed by atoms with Gasteiger partial charge in [-0.25, -0.2) is 35.8 Å². The number of ether oxygens (including phenoxy) is 4. The van der Waals surface area contributed by atoms with Crippen molar-refractivity contribution in [1.29, 1.82) is 0 Å². The van der Waals surface area contributed by atoms with Gasteiger partial charge in [0.25, 0.3) is 45.7 Å². The molecule has 0 bridgehead atoms. The fourth-order valence-corrected chi connectivity index (χ4v) is 9.20. The van der Waals surface area contributed by atoms with Crippen LogP contribution in [0.1, 0.15) is 33.1 Å². The van der Waals surface area contributed by atoms with Crippen molar-refractivity contribution >= 4 is 80.2 Å². The topological polar surface area (TPSA) is 617 Å². The number of phosphoric acid groups is 4. The van der Waals surface area contributed by atoms with Crippen LogP contribution in [0.2, 0.25) is 0 Å². The van der Waals surface area contributed by atoms with Gasteiger partial charge in [-0.3, -0.25) is 75.5 Å². The zero-order valence-corrected chi connectivity index (χ0v) is 50.3. The molecule has 0 amide bonds. The second-order valence-corrected chi connectivity index (χ2v) is 24.2. The lowest BCUT2D eigenvalue weighted by atomic mass is 10.1. The van der Waals surface area contributed by atoms with Crippen LogP contribution in [0.3, 0.4) is 0 Å². The fraction of sp³-hybridized carbons (Fsp3) is 0.556. The lowest BCUT2D eigenvalue weighted by Crippen LogP contribution is -2.42. The van der Waals surface area contributed by atoms with Crippen molar-refractivity contribution in [3.8, 4) is 0 Å². The first-order valence-electron chi connectivity index (χ1n) is 25.9. The molecular weight excluding hydrogens is 1460 g/mol. The van der Waals surface area contributed by atoms with E-state index < -0.39 is 219 Å². The van der Waals surface area contributed by atoms with Gasteiger partial charge in [-0.1, -0.05) is 0 Å². The number of nitrogens with one attached hydrogen (secondary N) is 4. The number of hydrogen-bond acceptors (Lipinski definition) is 28. The Labute approximate surface area is 527 Å². The molecule has 0 aromatic carbocycles. The maximum atomic E-state index is 14.9. The summed E-state index contributed by atoms with van der Waals surface area (Å²) in [5.41, 5.74) is -4.96. The zero-order valence-electron chi connectivity index (χ0n) is 49.4. The standard InChI is InChI=1S/4C9H11F2N2O8PS/c4*10-3-1-13(8(23)12-6(3)16)7-4(14)5(15)9(11,21-7)2-20-22(17,18)19/h4*1,4-5,7,14-15H,2H2,(H,12,16,23)(H2,17,18,19)/t4*4-,5+,7-,9-/m1111/s1/i2D2,7D;7D;2D2;. The van der Waals surface area contributed by atoms with Gasteiger partial charge in [0.05, 0.1) is 33.0 Å². The average Bonchev–Trinajstić information content (AvgIpc) is 1.58. The number of nitrogens with zero attached hydrogens (tertiary/aromatic N) is 4. The Morgan fingerprint density at radius 3 is 0.978 bits per heavy atom. The highest BCUT2D eigenvalue weighted by Crippen LogP contribution is 2.48. The van der Waals surface area contributed by atoms with Gasteiger partial charge in [-0.05, 0) is 48.9 Å². The molecule has 92 heavy (non-hydrogen) atoms. The fourth-order valence-electron chi connectivity index (χ4n) is 7.05. The van der Waals surface area contributed by atoms with Crippen LogP contribution in [0, 0.1) is 42.4 Å². The van der Waals surface area contributed by atoms with Crippen LogP contribution in [0.5, 0.6) is 0 Å². The van der Waals surface area contributed by atoms with Crippen LogP contribution in [-0.2, 0) is 55.3 Å². The van der Waals surface area contributed by atoms with E-state index in [4.69, 9.17) is 64.3 Å². The van der Waals surface area contributed by atoms with Crippen LogP contribution in [0.4, 0.5) is 35.1 Å². The highest BCUT2D eigenvalue weighted by atomic mass is 32.1. The monoisotopic (exact) mass is 1510 g/mol. The van der Waals surface area contributed by atoms with E-state index in [1.807, 2.05) is 9.97 Å². The van der Waals surface area contributed by atoms with Gasteiger partial charge < -0.3 is 98.9 Å². The summed E-state index contributed by atoms with van der Waals surface area (Å²) < 4.78 is 233. The smallest absolute Gasteiger partial charge is 0.385 e.